The molecule has 0 bridgehead atoms. The van der Waals surface area contributed by atoms with Gasteiger partial charge in [0.2, 0.25) is 0 Å². The second kappa shape index (κ2) is 11.0. The van der Waals surface area contributed by atoms with Crippen molar-refractivity contribution in [3.05, 3.63) is 53.6 Å². The van der Waals surface area contributed by atoms with Crippen LogP contribution in [0.3, 0.4) is 0 Å². The number of hydrogen-bond donors (Lipinski definition) is 1. The van der Waals surface area contributed by atoms with E-state index in [1.807, 2.05) is 24.3 Å². The highest BCUT2D eigenvalue weighted by Gasteiger charge is 2.14. The quantitative estimate of drug-likeness (QED) is 0.468. The molecule has 0 spiro atoms. The average Bonchev–Trinajstić information content (AvgIpc) is 2.75. The number of nitrogens with one attached hydrogen (secondary N) is 1. The predicted octanol–water partition coefficient (Wildman–Crippen LogP) is 3.97. The van der Waals surface area contributed by atoms with E-state index in [2.05, 4.69) is 19.2 Å². The maximum Gasteiger partial charge on any atom is 0.344 e. The van der Waals surface area contributed by atoms with E-state index in [9.17, 15) is 14.4 Å². The Morgan fingerprint density at radius 2 is 1.77 bits per heavy atom. The first-order valence-electron chi connectivity index (χ1n) is 9.71. The Kier molecular flexibility index (Phi) is 8.41. The number of anilines is 1. The third-order valence-corrected chi connectivity index (χ3v) is 4.66. The van der Waals surface area contributed by atoms with Crippen LogP contribution in [0.2, 0.25) is 0 Å². The van der Waals surface area contributed by atoms with E-state index in [0.717, 1.165) is 12.0 Å². The third kappa shape index (κ3) is 6.34. The van der Waals surface area contributed by atoms with E-state index in [1.54, 1.807) is 12.1 Å². The maximum absolute atomic E-state index is 12.2. The Morgan fingerprint density at radius 1 is 1.03 bits per heavy atom. The number of Topliss-reactive ketones (excluding diaryl/α,β-unsaturated/α-hetero) is 1. The van der Waals surface area contributed by atoms with Gasteiger partial charge in [-0.3, -0.25) is 9.59 Å². The van der Waals surface area contributed by atoms with Crippen LogP contribution in [0, 0.1) is 0 Å². The van der Waals surface area contributed by atoms with Crippen molar-refractivity contribution in [2.45, 2.75) is 33.1 Å². The number of carbonyl (C=O) groups is 3. The van der Waals surface area contributed by atoms with E-state index in [1.165, 1.54) is 20.1 Å². The van der Waals surface area contributed by atoms with Crippen molar-refractivity contribution in [1.82, 2.24) is 0 Å². The number of amides is 1. The van der Waals surface area contributed by atoms with Gasteiger partial charge in [0.1, 0.15) is 0 Å². The van der Waals surface area contributed by atoms with Crippen molar-refractivity contribution in [2.24, 2.45) is 0 Å². The Balaban J connectivity index is 1.87. The summed E-state index contributed by atoms with van der Waals surface area (Å²) >= 11 is 0. The van der Waals surface area contributed by atoms with Gasteiger partial charge >= 0.3 is 5.97 Å². The number of methoxy groups -OCH3 is 1. The van der Waals surface area contributed by atoms with Crippen molar-refractivity contribution in [1.29, 1.82) is 0 Å². The molecule has 30 heavy (non-hydrogen) atoms. The highest BCUT2D eigenvalue weighted by Crippen LogP contribution is 2.28. The zero-order valence-corrected chi connectivity index (χ0v) is 17.7. The van der Waals surface area contributed by atoms with Crippen LogP contribution in [0.5, 0.6) is 11.5 Å². The molecular weight excluding hydrogens is 386 g/mol. The molecule has 2 rings (SSSR count). The summed E-state index contributed by atoms with van der Waals surface area (Å²) in [5.74, 6) is -0.316. The fourth-order valence-electron chi connectivity index (χ4n) is 2.78. The first-order chi connectivity index (χ1) is 14.3. The summed E-state index contributed by atoms with van der Waals surface area (Å²) in [6, 6.07) is 12.2. The fourth-order valence-corrected chi connectivity index (χ4v) is 2.78. The van der Waals surface area contributed by atoms with Gasteiger partial charge in [-0.2, -0.15) is 0 Å². The minimum atomic E-state index is -0.696. The number of ketones is 1. The summed E-state index contributed by atoms with van der Waals surface area (Å²) in [5, 5.41) is 2.78. The zero-order valence-electron chi connectivity index (χ0n) is 17.7. The van der Waals surface area contributed by atoms with Crippen LogP contribution in [-0.4, -0.2) is 38.0 Å². The van der Waals surface area contributed by atoms with E-state index < -0.39 is 25.1 Å². The molecule has 0 aliphatic heterocycles. The van der Waals surface area contributed by atoms with Crippen LogP contribution >= 0.6 is 0 Å². The number of carbonyl (C=O) groups excluding carboxylic acids is 3. The number of esters is 1. The van der Waals surface area contributed by atoms with Crippen molar-refractivity contribution in [3.63, 3.8) is 0 Å². The van der Waals surface area contributed by atoms with Gasteiger partial charge in [-0.1, -0.05) is 32.0 Å². The highest BCUT2D eigenvalue weighted by molar-refractivity contribution is 5.95. The van der Waals surface area contributed by atoms with Gasteiger partial charge in [0.15, 0.2) is 30.5 Å². The van der Waals surface area contributed by atoms with Crippen LogP contribution < -0.4 is 14.8 Å². The molecule has 160 valence electrons. The topological polar surface area (TPSA) is 90.9 Å². The van der Waals surface area contributed by atoms with Gasteiger partial charge in [0.25, 0.3) is 5.91 Å². The SMILES string of the molecule is CC[C@@H](C)c1ccccc1NC(=O)COC(=O)COc1ccc(C(C)=O)cc1OC. The monoisotopic (exact) mass is 413 g/mol. The minimum Gasteiger partial charge on any atom is -0.493 e. The lowest BCUT2D eigenvalue weighted by Gasteiger charge is -2.15. The summed E-state index contributed by atoms with van der Waals surface area (Å²) in [5.41, 5.74) is 2.21. The van der Waals surface area contributed by atoms with Gasteiger partial charge in [0, 0.05) is 11.3 Å². The highest BCUT2D eigenvalue weighted by atomic mass is 16.6. The second-order valence-corrected chi connectivity index (χ2v) is 6.82. The molecule has 0 saturated heterocycles. The van der Waals surface area contributed by atoms with E-state index in [4.69, 9.17) is 14.2 Å². The lowest BCUT2D eigenvalue weighted by Crippen LogP contribution is -2.24. The third-order valence-electron chi connectivity index (χ3n) is 4.66. The van der Waals surface area contributed by atoms with Crippen LogP contribution in [0.25, 0.3) is 0 Å². The molecule has 7 heteroatoms. The molecule has 0 saturated carbocycles. The molecule has 2 aromatic carbocycles. The maximum atomic E-state index is 12.2. The Morgan fingerprint density at radius 3 is 2.43 bits per heavy atom. The van der Waals surface area contributed by atoms with E-state index >= 15 is 0 Å². The molecule has 1 amide bonds. The molecule has 0 aliphatic carbocycles. The zero-order chi connectivity index (χ0) is 22.1. The molecule has 2 aromatic rings. The summed E-state index contributed by atoms with van der Waals surface area (Å²) in [6.45, 7) is 4.79. The first-order valence-corrected chi connectivity index (χ1v) is 9.71. The summed E-state index contributed by atoms with van der Waals surface area (Å²) in [7, 11) is 1.44. The van der Waals surface area contributed by atoms with Gasteiger partial charge in [-0.05, 0) is 49.1 Å². The lowest BCUT2D eigenvalue weighted by molar-refractivity contribution is -0.149. The largest absolute Gasteiger partial charge is 0.493 e. The number of ether oxygens (including phenoxy) is 3. The molecule has 0 unspecified atom stereocenters. The number of hydrogen-bond acceptors (Lipinski definition) is 6. The Bertz CT molecular complexity index is 908. The summed E-state index contributed by atoms with van der Waals surface area (Å²) in [4.78, 5) is 35.6. The van der Waals surface area contributed by atoms with Crippen molar-refractivity contribution in [3.8, 4) is 11.5 Å². The van der Waals surface area contributed by atoms with Crippen LogP contribution in [0.4, 0.5) is 5.69 Å². The molecular formula is C23H27NO6. The van der Waals surface area contributed by atoms with E-state index in [0.29, 0.717) is 28.7 Å². The first kappa shape index (κ1) is 22.9. The standard InChI is InChI=1S/C23H27NO6/c1-5-15(2)18-8-6-7-9-19(18)24-22(26)13-30-23(27)14-29-20-11-10-17(16(3)25)12-21(20)28-4/h6-12,15H,5,13-14H2,1-4H3,(H,24,26)/t15-/m1/s1. The predicted molar refractivity (Wildman–Crippen MR) is 113 cm³/mol. The molecule has 0 radical (unpaired) electrons. The number of para-hydroxylation sites is 1. The summed E-state index contributed by atoms with van der Waals surface area (Å²) < 4.78 is 15.6. The molecule has 0 heterocycles. The van der Waals surface area contributed by atoms with Gasteiger partial charge in [-0.25, -0.2) is 4.79 Å². The number of benzene rings is 2. The van der Waals surface area contributed by atoms with Crippen molar-refractivity contribution >= 4 is 23.3 Å². The van der Waals surface area contributed by atoms with Crippen molar-refractivity contribution in [2.75, 3.05) is 25.6 Å². The molecule has 7 nitrogen and oxygen atoms in total. The Labute approximate surface area is 176 Å². The minimum absolute atomic E-state index is 0.111. The average molecular weight is 413 g/mol. The Hall–Kier alpha value is -3.35. The second-order valence-electron chi connectivity index (χ2n) is 6.82. The molecule has 0 fully saturated rings. The fraction of sp³-hybridized carbons (Fsp3) is 0.348. The smallest absolute Gasteiger partial charge is 0.344 e. The van der Waals surface area contributed by atoms with Crippen LogP contribution in [0.1, 0.15) is 49.0 Å². The molecule has 0 aliphatic rings. The lowest BCUT2D eigenvalue weighted by atomic mass is 9.97. The normalized spacial score (nSPS) is 11.3. The number of rotatable bonds is 10. The van der Waals surface area contributed by atoms with Crippen LogP contribution in [0.15, 0.2) is 42.5 Å². The molecule has 1 atom stereocenters. The van der Waals surface area contributed by atoms with Crippen molar-refractivity contribution < 1.29 is 28.6 Å². The molecule has 1 N–H and O–H groups in total. The van der Waals surface area contributed by atoms with E-state index in [-0.39, 0.29) is 5.78 Å². The summed E-state index contributed by atoms with van der Waals surface area (Å²) in [6.07, 6.45) is 0.941. The van der Waals surface area contributed by atoms with Gasteiger partial charge in [0.05, 0.1) is 7.11 Å². The van der Waals surface area contributed by atoms with Gasteiger partial charge < -0.3 is 19.5 Å². The molecule has 0 aromatic heterocycles. The van der Waals surface area contributed by atoms with Crippen LogP contribution in [-0.2, 0) is 14.3 Å². The van der Waals surface area contributed by atoms with Gasteiger partial charge in [-0.15, -0.1) is 0 Å².